The molecule has 1 aliphatic rings. The van der Waals surface area contributed by atoms with Gasteiger partial charge in [-0.3, -0.25) is 4.79 Å². The molecule has 0 bridgehead atoms. The molecule has 1 saturated heterocycles. The maximum atomic E-state index is 12.2. The molecule has 0 aliphatic carbocycles. The van der Waals surface area contributed by atoms with Gasteiger partial charge in [-0.25, -0.2) is 0 Å². The second-order valence-corrected chi connectivity index (χ2v) is 6.31. The Morgan fingerprint density at radius 1 is 1.32 bits per heavy atom. The van der Waals surface area contributed by atoms with Gasteiger partial charge in [0.1, 0.15) is 0 Å². The van der Waals surface area contributed by atoms with Crippen LogP contribution in [0.15, 0.2) is 0 Å². The number of carbonyl (C=O) groups is 1. The first-order valence-electron chi connectivity index (χ1n) is 6.50. The van der Waals surface area contributed by atoms with E-state index in [1.54, 1.807) is 0 Å². The van der Waals surface area contributed by atoms with E-state index in [2.05, 4.69) is 4.72 Å². The van der Waals surface area contributed by atoms with Crippen LogP contribution < -0.4 is 4.72 Å². The van der Waals surface area contributed by atoms with Gasteiger partial charge in [-0.1, -0.05) is 13.8 Å². The lowest BCUT2D eigenvalue weighted by molar-refractivity contribution is -0.142. The van der Waals surface area contributed by atoms with Crippen molar-refractivity contribution in [3.8, 4) is 0 Å². The zero-order valence-corrected chi connectivity index (χ0v) is 12.1. The van der Waals surface area contributed by atoms with Crippen LogP contribution in [0.4, 0.5) is 0 Å². The Kier molecular flexibility index (Phi) is 6.18. The predicted octanol–water partition coefficient (Wildman–Crippen LogP) is 0.0424. The first-order chi connectivity index (χ1) is 8.92. The van der Waals surface area contributed by atoms with Crippen LogP contribution in [0.2, 0.25) is 0 Å². The van der Waals surface area contributed by atoms with Crippen molar-refractivity contribution in [2.24, 2.45) is 5.92 Å². The number of rotatable bonds is 8. The summed E-state index contributed by atoms with van der Waals surface area (Å²) in [5, 5.41) is 9.00. The van der Waals surface area contributed by atoms with E-state index in [9.17, 15) is 13.2 Å². The predicted molar refractivity (Wildman–Crippen MR) is 69.9 cm³/mol. The van der Waals surface area contributed by atoms with E-state index in [1.807, 2.05) is 13.8 Å². The van der Waals surface area contributed by atoms with E-state index in [4.69, 9.17) is 9.84 Å². The van der Waals surface area contributed by atoms with Gasteiger partial charge in [0.2, 0.25) is 0 Å². The van der Waals surface area contributed by atoms with Crippen LogP contribution >= 0.6 is 0 Å². The fourth-order valence-electron chi connectivity index (χ4n) is 2.03. The molecule has 0 radical (unpaired) electrons. The summed E-state index contributed by atoms with van der Waals surface area (Å²) in [5.41, 5.74) is 0. The summed E-state index contributed by atoms with van der Waals surface area (Å²) < 4.78 is 33.3. The first-order valence-corrected chi connectivity index (χ1v) is 7.94. The van der Waals surface area contributed by atoms with E-state index in [1.165, 1.54) is 4.31 Å². The first kappa shape index (κ1) is 16.4. The van der Waals surface area contributed by atoms with Crippen molar-refractivity contribution in [3.05, 3.63) is 0 Å². The third-order valence-corrected chi connectivity index (χ3v) is 4.63. The normalized spacial score (nSPS) is 23.9. The SMILES string of the molecule is CCCN(CCC)S(=O)(=O)NC1COCC1C(=O)O. The second kappa shape index (κ2) is 7.18. The average Bonchev–Trinajstić information content (AvgIpc) is 2.76. The molecule has 7 nitrogen and oxygen atoms in total. The molecule has 112 valence electrons. The lowest BCUT2D eigenvalue weighted by Gasteiger charge is -2.24. The maximum absolute atomic E-state index is 12.2. The quantitative estimate of drug-likeness (QED) is 0.659. The highest BCUT2D eigenvalue weighted by Crippen LogP contribution is 2.16. The number of carboxylic acid groups (broad SMARTS) is 1. The zero-order chi connectivity index (χ0) is 14.5. The van der Waals surface area contributed by atoms with E-state index >= 15 is 0 Å². The van der Waals surface area contributed by atoms with Gasteiger partial charge in [0.15, 0.2) is 0 Å². The number of carboxylic acids is 1. The standard InChI is InChI=1S/C11H22N2O5S/c1-3-5-13(6-4-2)19(16,17)12-10-8-18-7-9(10)11(14)15/h9-10,12H,3-8H2,1-2H3,(H,14,15). The van der Waals surface area contributed by atoms with Crippen LogP contribution in [0.25, 0.3) is 0 Å². The Morgan fingerprint density at radius 3 is 2.37 bits per heavy atom. The van der Waals surface area contributed by atoms with E-state index in [-0.39, 0.29) is 13.2 Å². The molecular formula is C11H22N2O5S. The highest BCUT2D eigenvalue weighted by atomic mass is 32.2. The zero-order valence-electron chi connectivity index (χ0n) is 11.3. The van der Waals surface area contributed by atoms with Crippen LogP contribution in [0.1, 0.15) is 26.7 Å². The van der Waals surface area contributed by atoms with Gasteiger partial charge < -0.3 is 9.84 Å². The van der Waals surface area contributed by atoms with Gasteiger partial charge >= 0.3 is 5.97 Å². The molecule has 1 aliphatic heterocycles. The molecule has 0 amide bonds. The average molecular weight is 294 g/mol. The Hall–Kier alpha value is -0.700. The number of hydrogen-bond acceptors (Lipinski definition) is 4. The van der Waals surface area contributed by atoms with Crippen LogP contribution in [0.5, 0.6) is 0 Å². The third-order valence-electron chi connectivity index (χ3n) is 2.98. The Bertz CT molecular complexity index is 392. The molecular weight excluding hydrogens is 272 g/mol. The van der Waals surface area contributed by atoms with Gasteiger partial charge in [-0.2, -0.15) is 17.4 Å². The molecule has 1 rings (SSSR count). The number of aliphatic carboxylic acids is 1. The van der Waals surface area contributed by atoms with E-state index in [0.29, 0.717) is 25.9 Å². The van der Waals surface area contributed by atoms with Gasteiger partial charge in [0, 0.05) is 13.1 Å². The molecule has 1 heterocycles. The minimum Gasteiger partial charge on any atom is -0.481 e. The summed E-state index contributed by atoms with van der Waals surface area (Å²) in [7, 11) is -3.66. The minimum absolute atomic E-state index is 0.0457. The molecule has 0 aromatic carbocycles. The fourth-order valence-corrected chi connectivity index (χ4v) is 3.64. The van der Waals surface area contributed by atoms with Gasteiger partial charge in [-0.15, -0.1) is 0 Å². The molecule has 0 spiro atoms. The van der Waals surface area contributed by atoms with Crippen LogP contribution in [0.3, 0.4) is 0 Å². The van der Waals surface area contributed by atoms with Crippen molar-refractivity contribution in [1.29, 1.82) is 0 Å². The summed E-state index contributed by atoms with van der Waals surface area (Å²) in [6.45, 7) is 4.79. The van der Waals surface area contributed by atoms with Crippen molar-refractivity contribution in [2.75, 3.05) is 26.3 Å². The van der Waals surface area contributed by atoms with Crippen molar-refractivity contribution < 1.29 is 23.1 Å². The van der Waals surface area contributed by atoms with Crippen LogP contribution in [-0.2, 0) is 19.7 Å². The Morgan fingerprint density at radius 2 is 1.89 bits per heavy atom. The third kappa shape index (κ3) is 4.41. The van der Waals surface area contributed by atoms with Gasteiger partial charge in [-0.05, 0) is 12.8 Å². The molecule has 19 heavy (non-hydrogen) atoms. The summed E-state index contributed by atoms with van der Waals surface area (Å²) in [5.74, 6) is -1.86. The van der Waals surface area contributed by atoms with Gasteiger partial charge in [0.25, 0.3) is 10.2 Å². The van der Waals surface area contributed by atoms with E-state index < -0.39 is 28.1 Å². The summed E-state index contributed by atoms with van der Waals surface area (Å²) in [6, 6.07) is -0.696. The van der Waals surface area contributed by atoms with E-state index in [0.717, 1.165) is 0 Å². The van der Waals surface area contributed by atoms with Crippen molar-refractivity contribution in [3.63, 3.8) is 0 Å². The molecule has 2 N–H and O–H groups in total. The molecule has 2 atom stereocenters. The minimum atomic E-state index is -3.66. The number of nitrogens with zero attached hydrogens (tertiary/aromatic N) is 1. The van der Waals surface area contributed by atoms with Gasteiger partial charge in [0.05, 0.1) is 25.2 Å². The van der Waals surface area contributed by atoms with Crippen molar-refractivity contribution in [2.45, 2.75) is 32.7 Å². The van der Waals surface area contributed by atoms with Crippen LogP contribution in [-0.4, -0.2) is 56.1 Å². The van der Waals surface area contributed by atoms with Crippen molar-refractivity contribution in [1.82, 2.24) is 9.03 Å². The van der Waals surface area contributed by atoms with Crippen LogP contribution in [0, 0.1) is 5.92 Å². The van der Waals surface area contributed by atoms with Crippen molar-refractivity contribution >= 4 is 16.2 Å². The maximum Gasteiger partial charge on any atom is 0.310 e. The summed E-state index contributed by atoms with van der Waals surface area (Å²) >= 11 is 0. The molecule has 0 saturated carbocycles. The number of nitrogens with one attached hydrogen (secondary N) is 1. The summed E-state index contributed by atoms with van der Waals surface area (Å²) in [4.78, 5) is 11.0. The topological polar surface area (TPSA) is 95.9 Å². The highest BCUT2D eigenvalue weighted by Gasteiger charge is 2.37. The molecule has 1 fully saturated rings. The molecule has 8 heteroatoms. The summed E-state index contributed by atoms with van der Waals surface area (Å²) in [6.07, 6.45) is 1.43. The lowest BCUT2D eigenvalue weighted by Crippen LogP contribution is -2.49. The highest BCUT2D eigenvalue weighted by molar-refractivity contribution is 7.87. The molecule has 0 aromatic heterocycles. The smallest absolute Gasteiger partial charge is 0.310 e. The number of hydrogen-bond donors (Lipinski definition) is 2. The molecule has 0 aromatic rings. The monoisotopic (exact) mass is 294 g/mol. The lowest BCUT2D eigenvalue weighted by atomic mass is 10.1. The Balaban J connectivity index is 2.74. The Labute approximate surface area is 114 Å². The number of ether oxygens (including phenoxy) is 1. The largest absolute Gasteiger partial charge is 0.481 e. The molecule has 2 unspecified atom stereocenters. The fraction of sp³-hybridized carbons (Fsp3) is 0.909. The second-order valence-electron chi connectivity index (χ2n) is 4.61.